The average molecular weight is 327 g/mol. The summed E-state index contributed by atoms with van der Waals surface area (Å²) in [6, 6.07) is 8.15. The Morgan fingerprint density at radius 1 is 1.38 bits per heavy atom. The van der Waals surface area contributed by atoms with Crippen molar-refractivity contribution >= 4 is 16.9 Å². The van der Waals surface area contributed by atoms with Crippen molar-refractivity contribution in [1.82, 2.24) is 4.98 Å². The summed E-state index contributed by atoms with van der Waals surface area (Å²) < 4.78 is 5.69. The first-order valence-corrected chi connectivity index (χ1v) is 8.80. The highest BCUT2D eigenvalue weighted by Crippen LogP contribution is 2.23. The van der Waals surface area contributed by atoms with E-state index in [4.69, 9.17) is 4.74 Å². The number of nitrogens with one attached hydrogen (secondary N) is 1. The van der Waals surface area contributed by atoms with Crippen LogP contribution in [0.15, 0.2) is 43.1 Å². The fourth-order valence-electron chi connectivity index (χ4n) is 2.95. The Balaban J connectivity index is 1.80. The van der Waals surface area contributed by atoms with E-state index in [1.807, 2.05) is 44.3 Å². The topological polar surface area (TPSA) is 42.1 Å². The van der Waals surface area contributed by atoms with Gasteiger partial charge in [-0.3, -0.25) is 4.79 Å². The molecule has 0 spiro atoms. The summed E-state index contributed by atoms with van der Waals surface area (Å²) in [6.45, 7) is 9.96. The minimum Gasteiger partial charge on any atom is -0.460 e. The van der Waals surface area contributed by atoms with Crippen molar-refractivity contribution in [3.05, 3.63) is 48.7 Å². The van der Waals surface area contributed by atoms with Crippen LogP contribution in [-0.4, -0.2) is 16.6 Å². The molecule has 0 aliphatic carbocycles. The molecule has 0 aliphatic heterocycles. The molecule has 1 unspecified atom stereocenters. The van der Waals surface area contributed by atoms with Crippen LogP contribution in [0, 0.1) is 5.92 Å². The van der Waals surface area contributed by atoms with Gasteiger partial charge < -0.3 is 9.72 Å². The first-order valence-electron chi connectivity index (χ1n) is 8.80. The van der Waals surface area contributed by atoms with Crippen LogP contribution in [0.1, 0.15) is 52.0 Å². The van der Waals surface area contributed by atoms with Gasteiger partial charge in [0.05, 0.1) is 0 Å². The van der Waals surface area contributed by atoms with Gasteiger partial charge in [0, 0.05) is 23.5 Å². The first kappa shape index (κ1) is 18.3. The molecule has 0 saturated carbocycles. The first-order chi connectivity index (χ1) is 11.4. The molecule has 0 bridgehead atoms. The molecule has 0 aliphatic rings. The number of fused-ring (bicyclic) bond motifs is 1. The lowest BCUT2D eigenvalue weighted by Crippen LogP contribution is -2.28. The van der Waals surface area contributed by atoms with Crippen molar-refractivity contribution < 1.29 is 9.53 Å². The van der Waals surface area contributed by atoms with Crippen molar-refractivity contribution in [1.29, 1.82) is 0 Å². The van der Waals surface area contributed by atoms with E-state index in [0.29, 0.717) is 18.8 Å². The molecule has 3 heteroatoms. The second kappa shape index (κ2) is 8.18. The van der Waals surface area contributed by atoms with Crippen molar-refractivity contribution in [2.75, 3.05) is 0 Å². The predicted molar refractivity (Wildman–Crippen MR) is 100 cm³/mol. The minimum absolute atomic E-state index is 0.123. The van der Waals surface area contributed by atoms with Crippen LogP contribution in [0.4, 0.5) is 0 Å². The third-order valence-corrected chi connectivity index (χ3v) is 4.50. The predicted octanol–water partition coefficient (Wildman–Crippen LogP) is 5.41. The highest BCUT2D eigenvalue weighted by atomic mass is 16.6. The summed E-state index contributed by atoms with van der Waals surface area (Å²) in [7, 11) is 0. The van der Waals surface area contributed by atoms with E-state index in [1.165, 1.54) is 10.9 Å². The summed E-state index contributed by atoms with van der Waals surface area (Å²) in [5.41, 5.74) is 1.87. The summed E-state index contributed by atoms with van der Waals surface area (Å²) in [5.74, 6) is 0.389. The van der Waals surface area contributed by atoms with Crippen molar-refractivity contribution in [2.24, 2.45) is 5.92 Å². The lowest BCUT2D eigenvalue weighted by molar-refractivity contribution is -0.157. The van der Waals surface area contributed by atoms with E-state index < -0.39 is 5.60 Å². The monoisotopic (exact) mass is 327 g/mol. The zero-order chi connectivity index (χ0) is 17.6. The van der Waals surface area contributed by atoms with Crippen molar-refractivity contribution in [2.45, 2.75) is 58.5 Å². The molecule has 2 rings (SSSR count). The van der Waals surface area contributed by atoms with Gasteiger partial charge in [-0.25, -0.2) is 0 Å². The van der Waals surface area contributed by atoms with Gasteiger partial charge in [0.1, 0.15) is 5.60 Å². The maximum Gasteiger partial charge on any atom is 0.306 e. The molecule has 3 nitrogen and oxygen atoms in total. The SMILES string of the molecule is C=CC(C)CCCC(C)(C)OC(=O)CCc1c[nH]c2ccccc12. The van der Waals surface area contributed by atoms with Crippen molar-refractivity contribution in [3.63, 3.8) is 0 Å². The van der Waals surface area contributed by atoms with Crippen LogP contribution in [0.5, 0.6) is 0 Å². The maximum atomic E-state index is 12.2. The molecular formula is C21H29NO2. The lowest BCUT2D eigenvalue weighted by atomic mass is 9.96. The van der Waals surface area contributed by atoms with Gasteiger partial charge in [-0.05, 0) is 57.1 Å². The van der Waals surface area contributed by atoms with Crippen molar-refractivity contribution in [3.8, 4) is 0 Å². The number of ether oxygens (including phenoxy) is 1. The quantitative estimate of drug-likeness (QED) is 0.494. The fraction of sp³-hybridized carbons (Fsp3) is 0.476. The summed E-state index contributed by atoms with van der Waals surface area (Å²) >= 11 is 0. The number of benzene rings is 1. The third-order valence-electron chi connectivity index (χ3n) is 4.50. The number of H-pyrrole nitrogens is 1. The van der Waals surface area contributed by atoms with Gasteiger partial charge in [-0.15, -0.1) is 6.58 Å². The summed E-state index contributed by atoms with van der Waals surface area (Å²) in [5, 5.41) is 1.18. The van der Waals surface area contributed by atoms with E-state index >= 15 is 0 Å². The van der Waals surface area contributed by atoms with Crippen LogP contribution < -0.4 is 0 Å². The smallest absolute Gasteiger partial charge is 0.306 e. The van der Waals surface area contributed by atoms with Gasteiger partial charge in [0.2, 0.25) is 0 Å². The number of para-hydroxylation sites is 1. The summed E-state index contributed by atoms with van der Waals surface area (Å²) in [6.07, 6.45) is 8.07. The molecule has 1 aromatic heterocycles. The Kier molecular flexibility index (Phi) is 6.24. The van der Waals surface area contributed by atoms with E-state index in [2.05, 4.69) is 24.6 Å². The lowest BCUT2D eigenvalue weighted by Gasteiger charge is -2.25. The summed E-state index contributed by atoms with van der Waals surface area (Å²) in [4.78, 5) is 15.4. The zero-order valence-corrected chi connectivity index (χ0v) is 15.1. The van der Waals surface area contributed by atoms with Crippen LogP contribution in [0.3, 0.4) is 0 Å². The molecule has 0 amide bonds. The number of hydrogen-bond acceptors (Lipinski definition) is 2. The van der Waals surface area contributed by atoms with E-state index in [9.17, 15) is 4.79 Å². The Bertz CT molecular complexity index is 684. The number of aryl methyl sites for hydroxylation is 1. The molecule has 1 heterocycles. The van der Waals surface area contributed by atoms with Crippen LogP contribution >= 0.6 is 0 Å². The second-order valence-corrected chi connectivity index (χ2v) is 7.20. The zero-order valence-electron chi connectivity index (χ0n) is 15.1. The van der Waals surface area contributed by atoms with E-state index in [1.54, 1.807) is 0 Å². The normalized spacial score (nSPS) is 13.0. The highest BCUT2D eigenvalue weighted by molar-refractivity contribution is 5.83. The molecule has 1 aromatic carbocycles. The van der Waals surface area contributed by atoms with Crippen LogP contribution in [0.2, 0.25) is 0 Å². The third kappa shape index (κ3) is 5.26. The number of allylic oxidation sites excluding steroid dienone is 1. The molecule has 130 valence electrons. The van der Waals surface area contributed by atoms with Gasteiger partial charge >= 0.3 is 5.97 Å². The molecule has 1 atom stereocenters. The largest absolute Gasteiger partial charge is 0.460 e. The maximum absolute atomic E-state index is 12.2. The number of rotatable bonds is 9. The number of esters is 1. The Hall–Kier alpha value is -2.03. The molecule has 0 fully saturated rings. The van der Waals surface area contributed by atoms with E-state index in [-0.39, 0.29) is 5.97 Å². The van der Waals surface area contributed by atoms with Gasteiger partial charge in [-0.1, -0.05) is 31.2 Å². The average Bonchev–Trinajstić information content (AvgIpc) is 2.95. The van der Waals surface area contributed by atoms with Gasteiger partial charge in [-0.2, -0.15) is 0 Å². The molecule has 24 heavy (non-hydrogen) atoms. The van der Waals surface area contributed by atoms with Gasteiger partial charge in [0.15, 0.2) is 0 Å². The molecule has 2 aromatic rings. The Labute approximate surface area is 145 Å². The molecule has 1 N–H and O–H groups in total. The standard InChI is InChI=1S/C21H29NO2/c1-5-16(2)9-8-14-21(3,4)24-20(23)13-12-17-15-22-19-11-7-6-10-18(17)19/h5-7,10-11,15-16,22H,1,8-9,12-14H2,2-4H3. The number of carbonyl (C=O) groups is 1. The Morgan fingerprint density at radius 2 is 2.12 bits per heavy atom. The molecular weight excluding hydrogens is 298 g/mol. The number of hydrogen-bond donors (Lipinski definition) is 1. The fourth-order valence-corrected chi connectivity index (χ4v) is 2.95. The van der Waals surface area contributed by atoms with Crippen LogP contribution in [-0.2, 0) is 16.0 Å². The number of aromatic amines is 1. The molecule has 0 saturated heterocycles. The highest BCUT2D eigenvalue weighted by Gasteiger charge is 2.22. The Morgan fingerprint density at radius 3 is 2.88 bits per heavy atom. The second-order valence-electron chi connectivity index (χ2n) is 7.20. The minimum atomic E-state index is -0.405. The van der Waals surface area contributed by atoms with Crippen LogP contribution in [0.25, 0.3) is 10.9 Å². The number of carbonyl (C=O) groups excluding carboxylic acids is 1. The molecule has 0 radical (unpaired) electrons. The van der Waals surface area contributed by atoms with Gasteiger partial charge in [0.25, 0.3) is 0 Å². The van der Waals surface area contributed by atoms with E-state index in [0.717, 1.165) is 24.8 Å². The number of aromatic nitrogens is 1.